The van der Waals surface area contributed by atoms with Crippen molar-refractivity contribution in [2.24, 2.45) is 0 Å². The van der Waals surface area contributed by atoms with Gasteiger partial charge in [0.15, 0.2) is 5.11 Å². The van der Waals surface area contributed by atoms with E-state index in [0.29, 0.717) is 11.3 Å². The van der Waals surface area contributed by atoms with Crippen molar-refractivity contribution in [3.8, 4) is 5.75 Å². The van der Waals surface area contributed by atoms with E-state index in [1.807, 2.05) is 54.9 Å². The normalized spacial score (nSPS) is 10.6. The lowest BCUT2D eigenvalue weighted by atomic mass is 10.2. The summed E-state index contributed by atoms with van der Waals surface area (Å²) >= 11 is 5.10. The number of fused-ring (bicyclic) bond motifs is 1. The average molecular weight is 410 g/mol. The summed E-state index contributed by atoms with van der Waals surface area (Å²) in [4.78, 5) is 24.7. The number of para-hydroxylation sites is 2. The SMILES string of the molecule is CC(C)Oc1ccccc1C(=O)NC(=S)NNC(=O)Cn1ccc2ccccc21. The van der Waals surface area contributed by atoms with E-state index in [1.54, 1.807) is 24.3 Å². The predicted molar refractivity (Wildman–Crippen MR) is 115 cm³/mol. The molecule has 0 spiro atoms. The fourth-order valence-corrected chi connectivity index (χ4v) is 2.96. The van der Waals surface area contributed by atoms with Gasteiger partial charge in [-0.2, -0.15) is 0 Å². The number of nitrogens with zero attached hydrogens (tertiary/aromatic N) is 1. The Morgan fingerprint density at radius 1 is 1.03 bits per heavy atom. The van der Waals surface area contributed by atoms with Crippen LogP contribution in [0.15, 0.2) is 60.8 Å². The third-order valence-corrected chi connectivity index (χ3v) is 4.24. The van der Waals surface area contributed by atoms with Gasteiger partial charge in [-0.05, 0) is 55.7 Å². The summed E-state index contributed by atoms with van der Waals surface area (Å²) in [7, 11) is 0. The first-order valence-electron chi connectivity index (χ1n) is 9.14. The molecule has 2 amide bonds. The lowest BCUT2D eigenvalue weighted by Gasteiger charge is -2.15. The highest BCUT2D eigenvalue weighted by molar-refractivity contribution is 7.80. The van der Waals surface area contributed by atoms with Crippen molar-refractivity contribution in [1.29, 1.82) is 0 Å². The molecule has 0 bridgehead atoms. The maximum atomic E-state index is 12.5. The molecule has 0 aliphatic rings. The minimum Gasteiger partial charge on any atom is -0.490 e. The molecular formula is C21H22N4O3S. The predicted octanol–water partition coefficient (Wildman–Crippen LogP) is 2.76. The Labute approximate surface area is 174 Å². The molecule has 150 valence electrons. The van der Waals surface area contributed by atoms with Crippen molar-refractivity contribution in [2.45, 2.75) is 26.5 Å². The van der Waals surface area contributed by atoms with Crippen LogP contribution in [0.5, 0.6) is 5.75 Å². The van der Waals surface area contributed by atoms with E-state index >= 15 is 0 Å². The van der Waals surface area contributed by atoms with Crippen LogP contribution in [0.3, 0.4) is 0 Å². The number of hydrazine groups is 1. The van der Waals surface area contributed by atoms with Crippen LogP contribution >= 0.6 is 12.2 Å². The van der Waals surface area contributed by atoms with Crippen LogP contribution in [0.4, 0.5) is 0 Å². The maximum Gasteiger partial charge on any atom is 0.261 e. The average Bonchev–Trinajstić information content (AvgIpc) is 3.09. The zero-order chi connectivity index (χ0) is 20.8. The summed E-state index contributed by atoms with van der Waals surface area (Å²) in [6.07, 6.45) is 1.77. The summed E-state index contributed by atoms with van der Waals surface area (Å²) in [6.45, 7) is 3.87. The Morgan fingerprint density at radius 2 is 1.76 bits per heavy atom. The number of carbonyl (C=O) groups excluding carboxylic acids is 2. The molecule has 0 fully saturated rings. The molecular weight excluding hydrogens is 388 g/mol. The van der Waals surface area contributed by atoms with Gasteiger partial charge in [0.2, 0.25) is 0 Å². The summed E-state index contributed by atoms with van der Waals surface area (Å²) in [6, 6.07) is 16.6. The van der Waals surface area contributed by atoms with Gasteiger partial charge in [0, 0.05) is 11.7 Å². The zero-order valence-corrected chi connectivity index (χ0v) is 17.0. The quantitative estimate of drug-likeness (QED) is 0.445. The zero-order valence-electron chi connectivity index (χ0n) is 16.1. The molecule has 0 aliphatic heterocycles. The second-order valence-corrected chi connectivity index (χ2v) is 7.03. The Hall–Kier alpha value is -3.39. The van der Waals surface area contributed by atoms with E-state index in [-0.39, 0.29) is 23.7 Å². The van der Waals surface area contributed by atoms with Crippen molar-refractivity contribution in [2.75, 3.05) is 0 Å². The van der Waals surface area contributed by atoms with Crippen LogP contribution < -0.4 is 20.9 Å². The highest BCUT2D eigenvalue weighted by Gasteiger charge is 2.14. The third kappa shape index (κ3) is 5.32. The smallest absolute Gasteiger partial charge is 0.261 e. The van der Waals surface area contributed by atoms with Gasteiger partial charge in [-0.1, -0.05) is 30.3 Å². The molecule has 0 aliphatic carbocycles. The Balaban J connectivity index is 1.53. The molecule has 29 heavy (non-hydrogen) atoms. The number of amides is 2. The van der Waals surface area contributed by atoms with Crippen LogP contribution in [0, 0.1) is 0 Å². The largest absolute Gasteiger partial charge is 0.490 e. The molecule has 1 heterocycles. The van der Waals surface area contributed by atoms with Crippen molar-refractivity contribution in [3.63, 3.8) is 0 Å². The van der Waals surface area contributed by atoms with E-state index in [2.05, 4.69) is 16.2 Å². The molecule has 3 aromatic rings. The number of rotatable bonds is 5. The van der Waals surface area contributed by atoms with Crippen LogP contribution in [-0.2, 0) is 11.3 Å². The molecule has 0 saturated heterocycles. The van der Waals surface area contributed by atoms with E-state index in [9.17, 15) is 9.59 Å². The van der Waals surface area contributed by atoms with Gasteiger partial charge in [0.05, 0.1) is 11.7 Å². The number of aromatic nitrogens is 1. The van der Waals surface area contributed by atoms with E-state index in [0.717, 1.165) is 10.9 Å². The molecule has 3 N–H and O–H groups in total. The first kappa shape index (κ1) is 20.3. The van der Waals surface area contributed by atoms with Crippen molar-refractivity contribution in [3.05, 3.63) is 66.4 Å². The molecule has 7 nitrogen and oxygen atoms in total. The highest BCUT2D eigenvalue weighted by atomic mass is 32.1. The number of hydrogen-bond acceptors (Lipinski definition) is 4. The molecule has 0 unspecified atom stereocenters. The van der Waals surface area contributed by atoms with Gasteiger partial charge in [-0.15, -0.1) is 0 Å². The third-order valence-electron chi connectivity index (χ3n) is 4.03. The van der Waals surface area contributed by atoms with E-state index < -0.39 is 5.91 Å². The van der Waals surface area contributed by atoms with Crippen molar-refractivity contribution >= 4 is 40.0 Å². The van der Waals surface area contributed by atoms with Gasteiger partial charge >= 0.3 is 0 Å². The lowest BCUT2D eigenvalue weighted by molar-refractivity contribution is -0.122. The van der Waals surface area contributed by atoms with Gasteiger partial charge in [-0.25, -0.2) is 0 Å². The number of benzene rings is 2. The molecule has 0 radical (unpaired) electrons. The van der Waals surface area contributed by atoms with Gasteiger partial charge in [0.1, 0.15) is 12.3 Å². The summed E-state index contributed by atoms with van der Waals surface area (Å²) in [5.41, 5.74) is 6.36. The van der Waals surface area contributed by atoms with Crippen LogP contribution in [0.25, 0.3) is 10.9 Å². The molecule has 2 aromatic carbocycles. The van der Waals surface area contributed by atoms with E-state index in [4.69, 9.17) is 17.0 Å². The first-order valence-corrected chi connectivity index (χ1v) is 9.54. The number of ether oxygens (including phenoxy) is 1. The van der Waals surface area contributed by atoms with Gasteiger partial charge in [0.25, 0.3) is 11.8 Å². The minimum atomic E-state index is -0.426. The second kappa shape index (κ2) is 9.20. The number of nitrogens with one attached hydrogen (secondary N) is 3. The number of thiocarbonyl (C=S) groups is 1. The molecule has 1 aromatic heterocycles. The Morgan fingerprint density at radius 3 is 2.55 bits per heavy atom. The Kier molecular flexibility index (Phi) is 6.46. The first-order chi connectivity index (χ1) is 13.9. The lowest BCUT2D eigenvalue weighted by Crippen LogP contribution is -2.49. The van der Waals surface area contributed by atoms with Gasteiger partial charge in [-0.3, -0.25) is 25.8 Å². The van der Waals surface area contributed by atoms with Crippen LogP contribution in [-0.4, -0.2) is 27.6 Å². The van der Waals surface area contributed by atoms with Crippen molar-refractivity contribution in [1.82, 2.24) is 20.7 Å². The van der Waals surface area contributed by atoms with Crippen LogP contribution in [0.2, 0.25) is 0 Å². The van der Waals surface area contributed by atoms with E-state index in [1.165, 1.54) is 0 Å². The number of hydrogen-bond donors (Lipinski definition) is 3. The topological polar surface area (TPSA) is 84.4 Å². The molecule has 0 saturated carbocycles. The number of carbonyl (C=O) groups is 2. The van der Waals surface area contributed by atoms with Gasteiger partial charge < -0.3 is 9.30 Å². The molecule has 3 rings (SSSR count). The van der Waals surface area contributed by atoms with Crippen LogP contribution in [0.1, 0.15) is 24.2 Å². The standard InChI is InChI=1S/C21H22N4O3S/c1-14(2)28-18-10-6-4-8-16(18)20(27)22-21(29)24-23-19(26)13-25-12-11-15-7-3-5-9-17(15)25/h3-12,14H,13H2,1-2H3,(H,23,26)(H2,22,24,27,29). The minimum absolute atomic E-state index is 0.0138. The Bertz CT molecular complexity index is 1050. The molecule has 8 heteroatoms. The highest BCUT2D eigenvalue weighted by Crippen LogP contribution is 2.19. The monoisotopic (exact) mass is 410 g/mol. The maximum absolute atomic E-state index is 12.5. The summed E-state index contributed by atoms with van der Waals surface area (Å²) < 4.78 is 7.47. The molecule has 0 atom stereocenters. The summed E-state index contributed by atoms with van der Waals surface area (Å²) in [5.74, 6) is -0.262. The fraction of sp³-hybridized carbons (Fsp3) is 0.190. The fourth-order valence-electron chi connectivity index (χ4n) is 2.81. The second-order valence-electron chi connectivity index (χ2n) is 6.62. The summed E-state index contributed by atoms with van der Waals surface area (Å²) in [5, 5.41) is 3.57. The van der Waals surface area contributed by atoms with Crippen molar-refractivity contribution < 1.29 is 14.3 Å².